The molecule has 4 atom stereocenters. The van der Waals surface area contributed by atoms with E-state index in [0.29, 0.717) is 29.2 Å². The highest BCUT2D eigenvalue weighted by Crippen LogP contribution is 2.50. The fourth-order valence-electron chi connectivity index (χ4n) is 5.40. The van der Waals surface area contributed by atoms with Gasteiger partial charge in [0.2, 0.25) is 5.91 Å². The number of carbonyl (C=O) groups excluding carboxylic acids is 2. The Morgan fingerprint density at radius 1 is 1.22 bits per heavy atom. The molecule has 0 unspecified atom stereocenters. The van der Waals surface area contributed by atoms with Crippen LogP contribution < -0.4 is 5.56 Å². The lowest BCUT2D eigenvalue weighted by Crippen LogP contribution is -2.49. The van der Waals surface area contributed by atoms with Crippen molar-refractivity contribution in [1.82, 2.24) is 9.47 Å². The van der Waals surface area contributed by atoms with Crippen LogP contribution in [0.3, 0.4) is 0 Å². The summed E-state index contributed by atoms with van der Waals surface area (Å²) < 4.78 is 20.4. The second kappa shape index (κ2) is 7.85. The first kappa shape index (κ1) is 20.9. The van der Waals surface area contributed by atoms with Gasteiger partial charge in [0.15, 0.2) is 0 Å². The third-order valence-corrected chi connectivity index (χ3v) is 7.10. The van der Waals surface area contributed by atoms with E-state index >= 15 is 0 Å². The molecule has 3 aliphatic rings. The lowest BCUT2D eigenvalue weighted by molar-refractivity contribution is -0.148. The van der Waals surface area contributed by atoms with Crippen molar-refractivity contribution in [3.63, 3.8) is 0 Å². The third kappa shape index (κ3) is 3.24. The highest BCUT2D eigenvalue weighted by atomic mass is 19.1. The molecule has 0 radical (unpaired) electrons. The van der Waals surface area contributed by atoms with Gasteiger partial charge in [-0.3, -0.25) is 14.4 Å². The maximum absolute atomic E-state index is 13.8. The van der Waals surface area contributed by atoms with Gasteiger partial charge >= 0.3 is 5.97 Å². The van der Waals surface area contributed by atoms with Crippen molar-refractivity contribution in [2.24, 2.45) is 17.8 Å². The van der Waals surface area contributed by atoms with E-state index in [2.05, 4.69) is 0 Å². The summed E-state index contributed by atoms with van der Waals surface area (Å²) in [6.07, 6.45) is 2.45. The van der Waals surface area contributed by atoms with Crippen molar-refractivity contribution in [2.45, 2.75) is 37.9 Å². The van der Waals surface area contributed by atoms with E-state index in [1.165, 1.54) is 19.2 Å². The van der Waals surface area contributed by atoms with Gasteiger partial charge in [-0.25, -0.2) is 4.39 Å². The largest absolute Gasteiger partial charge is 0.469 e. The molecule has 32 heavy (non-hydrogen) atoms. The second-order valence-corrected chi connectivity index (χ2v) is 8.95. The number of methoxy groups -OCH3 is 1. The molecule has 1 amide bonds. The van der Waals surface area contributed by atoms with Gasteiger partial charge in [-0.1, -0.05) is 12.1 Å². The zero-order chi connectivity index (χ0) is 22.6. The number of halogens is 1. The minimum Gasteiger partial charge on any atom is -0.469 e. The summed E-state index contributed by atoms with van der Waals surface area (Å²) in [4.78, 5) is 41.1. The van der Waals surface area contributed by atoms with Crippen molar-refractivity contribution in [3.05, 3.63) is 58.3 Å². The van der Waals surface area contributed by atoms with Crippen LogP contribution in [0.4, 0.5) is 4.39 Å². The summed E-state index contributed by atoms with van der Waals surface area (Å²) in [5.74, 6) is -1.92. The van der Waals surface area contributed by atoms with Crippen molar-refractivity contribution < 1.29 is 23.8 Å². The van der Waals surface area contributed by atoms with Crippen LogP contribution >= 0.6 is 0 Å². The van der Waals surface area contributed by atoms with Crippen LogP contribution in [0.25, 0.3) is 11.1 Å². The number of benzene rings is 1. The average molecular weight is 440 g/mol. The summed E-state index contributed by atoms with van der Waals surface area (Å²) in [5.41, 5.74) is 1.05. The molecule has 1 saturated heterocycles. The van der Waals surface area contributed by atoms with Gasteiger partial charge in [0.1, 0.15) is 5.82 Å². The Hall–Kier alpha value is -3.00. The molecule has 5 rings (SSSR count). The van der Waals surface area contributed by atoms with Crippen molar-refractivity contribution in [2.75, 3.05) is 13.7 Å². The summed E-state index contributed by atoms with van der Waals surface area (Å²) in [7, 11) is 1.29. The van der Waals surface area contributed by atoms with Gasteiger partial charge in [-0.15, -0.1) is 0 Å². The zero-order valence-electron chi connectivity index (χ0n) is 17.7. The maximum Gasteiger partial charge on any atom is 0.311 e. The van der Waals surface area contributed by atoms with Crippen molar-refractivity contribution in [1.29, 1.82) is 0 Å². The summed E-state index contributed by atoms with van der Waals surface area (Å²) in [6.45, 7) is -0.128. The van der Waals surface area contributed by atoms with Gasteiger partial charge in [-0.2, -0.15) is 0 Å². The number of esters is 1. The Labute approximate surface area is 184 Å². The monoisotopic (exact) mass is 440 g/mol. The third-order valence-electron chi connectivity index (χ3n) is 7.10. The first-order chi connectivity index (χ1) is 15.4. The first-order valence-electron chi connectivity index (χ1n) is 10.9. The summed E-state index contributed by atoms with van der Waals surface area (Å²) in [5, 5.41) is 10.2. The molecule has 2 aliphatic heterocycles. The van der Waals surface area contributed by atoms with E-state index in [4.69, 9.17) is 4.74 Å². The number of fused-ring (bicyclic) bond motifs is 4. The molecule has 0 spiro atoms. The quantitative estimate of drug-likeness (QED) is 0.720. The number of nitrogens with zero attached hydrogens (tertiary/aromatic N) is 2. The van der Waals surface area contributed by atoms with Crippen LogP contribution in [-0.2, 0) is 20.9 Å². The number of aliphatic hydroxyl groups is 1. The molecule has 2 bridgehead atoms. The standard InChI is InChI=1S/C24H25FN2O5/c1-32-24(31)21-17(12-28)19-11-26-18(22(21)27(19)20(29)9-13-5-6-13)8-7-16(23(26)30)14-3-2-4-15(25)10-14/h2-4,7-8,10,13,17,19,21-22,28H,5-6,9,11-12H2,1H3/t17-,19-,21+,22+/m0/s1. The number of pyridine rings is 1. The van der Waals surface area contributed by atoms with Crippen LogP contribution in [0.1, 0.15) is 31.0 Å². The normalized spacial score (nSPS) is 26.0. The molecule has 2 fully saturated rings. The highest BCUT2D eigenvalue weighted by Gasteiger charge is 2.58. The van der Waals surface area contributed by atoms with Crippen LogP contribution in [-0.4, -0.2) is 46.2 Å². The Morgan fingerprint density at radius 2 is 2.00 bits per heavy atom. The number of hydrogen-bond acceptors (Lipinski definition) is 5. The van der Waals surface area contributed by atoms with Gasteiger partial charge in [0.25, 0.3) is 5.56 Å². The lowest BCUT2D eigenvalue weighted by Gasteiger charge is -2.38. The van der Waals surface area contributed by atoms with Gasteiger partial charge < -0.3 is 19.3 Å². The molecule has 1 N–H and O–H groups in total. The molecule has 7 nitrogen and oxygen atoms in total. The van der Waals surface area contributed by atoms with E-state index in [1.807, 2.05) is 0 Å². The molecule has 168 valence electrons. The number of hydrogen-bond donors (Lipinski definition) is 1. The van der Waals surface area contributed by atoms with Gasteiger partial charge in [0, 0.05) is 36.7 Å². The molecule has 1 aliphatic carbocycles. The molecular weight excluding hydrogens is 415 g/mol. The number of carbonyl (C=O) groups is 2. The van der Waals surface area contributed by atoms with E-state index in [0.717, 1.165) is 12.8 Å². The Balaban J connectivity index is 1.63. The molecular formula is C24H25FN2O5. The van der Waals surface area contributed by atoms with Crippen LogP contribution in [0.5, 0.6) is 0 Å². The predicted molar refractivity (Wildman–Crippen MR) is 113 cm³/mol. The number of ether oxygens (including phenoxy) is 1. The summed E-state index contributed by atoms with van der Waals surface area (Å²) >= 11 is 0. The zero-order valence-corrected chi connectivity index (χ0v) is 17.7. The van der Waals surface area contributed by atoms with Crippen molar-refractivity contribution in [3.8, 4) is 11.1 Å². The predicted octanol–water partition coefficient (Wildman–Crippen LogP) is 2.12. The Morgan fingerprint density at radius 3 is 2.66 bits per heavy atom. The summed E-state index contributed by atoms with van der Waals surface area (Å²) in [6, 6.07) is 8.01. The van der Waals surface area contributed by atoms with Gasteiger partial charge in [-0.05, 0) is 48.6 Å². The number of aliphatic hydroxyl groups excluding tert-OH is 1. The average Bonchev–Trinajstić information content (AvgIpc) is 3.56. The maximum atomic E-state index is 13.8. The minimum atomic E-state index is -0.758. The molecule has 3 heterocycles. The smallest absolute Gasteiger partial charge is 0.311 e. The lowest BCUT2D eigenvalue weighted by atomic mass is 9.87. The molecule has 8 heteroatoms. The topological polar surface area (TPSA) is 88.8 Å². The van der Waals surface area contributed by atoms with Crippen LogP contribution in [0.2, 0.25) is 0 Å². The molecule has 1 aromatic carbocycles. The van der Waals surface area contributed by atoms with Crippen molar-refractivity contribution >= 4 is 11.9 Å². The number of rotatable bonds is 5. The fraction of sp³-hybridized carbons (Fsp3) is 0.458. The molecule has 1 aromatic heterocycles. The Bertz CT molecular complexity index is 1140. The Kier molecular flexibility index (Phi) is 5.12. The minimum absolute atomic E-state index is 0.0553. The fourth-order valence-corrected chi connectivity index (χ4v) is 5.40. The van der Waals surface area contributed by atoms with Crippen LogP contribution in [0.15, 0.2) is 41.2 Å². The molecule has 2 aromatic rings. The van der Waals surface area contributed by atoms with E-state index in [-0.39, 0.29) is 24.6 Å². The first-order valence-corrected chi connectivity index (χ1v) is 10.9. The second-order valence-electron chi connectivity index (χ2n) is 8.95. The van der Waals surface area contributed by atoms with E-state index < -0.39 is 35.7 Å². The molecule has 1 saturated carbocycles. The van der Waals surface area contributed by atoms with Gasteiger partial charge in [0.05, 0.1) is 25.1 Å². The number of amides is 1. The van der Waals surface area contributed by atoms with E-state index in [1.54, 1.807) is 33.7 Å². The highest BCUT2D eigenvalue weighted by molar-refractivity contribution is 5.82. The number of aromatic nitrogens is 1. The van der Waals surface area contributed by atoms with E-state index in [9.17, 15) is 23.9 Å². The van der Waals surface area contributed by atoms with Crippen LogP contribution in [0, 0.1) is 23.6 Å². The SMILES string of the molecule is COC(=O)[C@@H]1[C@@H](CO)[C@@H]2Cn3c(ccc(-c4cccc(F)c4)c3=O)[C@H]1N2C(=O)CC1CC1.